The average molecular weight is 581 g/mol. The zero-order valence-electron chi connectivity index (χ0n) is 26.4. The summed E-state index contributed by atoms with van der Waals surface area (Å²) in [4.78, 5) is 0. The average Bonchev–Trinajstić information content (AvgIpc) is 3.28. The molecule has 0 heterocycles. The molecule has 45 heavy (non-hydrogen) atoms. The van der Waals surface area contributed by atoms with Gasteiger partial charge in [0.05, 0.1) is 0 Å². The molecule has 4 bridgehead atoms. The Bertz CT molecular complexity index is 2130. The molecule has 0 heteroatoms. The standard InChI is InChI=1S/C45H40/c1-44(2)40-15-9-8-12-34(40)35-18-17-33(24-41(35)44)42-36-13-6-7-14-37(36)43(45-25-28-20-29(26-45)22-30(21-28)27-45)38-19-16-32(23-39(38)42)31-10-4-3-5-11-31/h3-19,23-24,28-30H,20-22,25-27H2,1-2H3. The van der Waals surface area contributed by atoms with Gasteiger partial charge >= 0.3 is 0 Å². The molecule has 0 nitrogen and oxygen atoms in total. The maximum absolute atomic E-state index is 2.54. The summed E-state index contributed by atoms with van der Waals surface area (Å²) in [7, 11) is 0. The van der Waals surface area contributed by atoms with Crippen molar-refractivity contribution in [3.8, 4) is 33.4 Å². The van der Waals surface area contributed by atoms with Crippen LogP contribution in [-0.2, 0) is 10.8 Å². The smallest absolute Gasteiger partial charge is 0.0159 e. The third-order valence-electron chi connectivity index (χ3n) is 12.6. The maximum atomic E-state index is 2.54. The Balaban J connectivity index is 1.29. The number of benzene rings is 6. The second kappa shape index (κ2) is 9.20. The van der Waals surface area contributed by atoms with E-state index in [2.05, 4.69) is 129 Å². The molecule has 6 aromatic carbocycles. The number of hydrogen-bond donors (Lipinski definition) is 0. The number of rotatable bonds is 3. The van der Waals surface area contributed by atoms with Crippen LogP contribution in [0.5, 0.6) is 0 Å². The van der Waals surface area contributed by atoms with E-state index in [1.54, 1.807) is 5.56 Å². The molecular formula is C45H40. The second-order valence-electron chi connectivity index (χ2n) is 15.6. The molecule has 0 radical (unpaired) electrons. The highest BCUT2D eigenvalue weighted by Crippen LogP contribution is 2.63. The lowest BCUT2D eigenvalue weighted by atomic mass is 9.47. The largest absolute Gasteiger partial charge is 0.0622 e. The van der Waals surface area contributed by atoms with E-state index in [4.69, 9.17) is 0 Å². The van der Waals surface area contributed by atoms with E-state index in [-0.39, 0.29) is 5.41 Å². The van der Waals surface area contributed by atoms with E-state index in [0.717, 1.165) is 17.8 Å². The van der Waals surface area contributed by atoms with Crippen LogP contribution in [0, 0.1) is 17.8 Å². The van der Waals surface area contributed by atoms with Gasteiger partial charge in [-0.3, -0.25) is 0 Å². The SMILES string of the molecule is CC1(C)c2ccccc2-c2ccc(-c3c4ccccc4c(C45CC6CC(CC(C6)C4)C5)c4ccc(-c5ccccc5)cc34)cc21. The van der Waals surface area contributed by atoms with E-state index in [1.807, 2.05) is 0 Å². The first-order valence-corrected chi connectivity index (χ1v) is 17.3. The molecule has 0 atom stereocenters. The van der Waals surface area contributed by atoms with Gasteiger partial charge in [-0.25, -0.2) is 0 Å². The van der Waals surface area contributed by atoms with Crippen LogP contribution in [0.3, 0.4) is 0 Å². The zero-order chi connectivity index (χ0) is 29.9. The molecule has 0 aliphatic heterocycles. The van der Waals surface area contributed by atoms with Crippen molar-refractivity contribution in [3.05, 3.63) is 132 Å². The summed E-state index contributed by atoms with van der Waals surface area (Å²) in [6, 6.07) is 44.3. The van der Waals surface area contributed by atoms with E-state index in [0.29, 0.717) is 5.41 Å². The van der Waals surface area contributed by atoms with E-state index in [9.17, 15) is 0 Å². The minimum absolute atomic E-state index is 0.0259. The Morgan fingerprint density at radius 1 is 0.467 bits per heavy atom. The normalized spacial score (nSPS) is 25.5. The van der Waals surface area contributed by atoms with Gasteiger partial charge in [-0.05, 0) is 145 Å². The summed E-state index contributed by atoms with van der Waals surface area (Å²) in [6.07, 6.45) is 8.55. The molecule has 5 aliphatic carbocycles. The van der Waals surface area contributed by atoms with Crippen molar-refractivity contribution in [2.45, 2.75) is 63.2 Å². The second-order valence-corrected chi connectivity index (χ2v) is 15.6. The monoisotopic (exact) mass is 580 g/mol. The molecule has 6 aromatic rings. The molecule has 4 fully saturated rings. The highest BCUT2D eigenvalue weighted by molar-refractivity contribution is 6.16. The van der Waals surface area contributed by atoms with Crippen molar-refractivity contribution < 1.29 is 0 Å². The van der Waals surface area contributed by atoms with Crippen molar-refractivity contribution in [1.82, 2.24) is 0 Å². The van der Waals surface area contributed by atoms with Crippen LogP contribution in [0.15, 0.2) is 115 Å². The van der Waals surface area contributed by atoms with Crippen LogP contribution >= 0.6 is 0 Å². The number of hydrogen-bond acceptors (Lipinski definition) is 0. The van der Waals surface area contributed by atoms with Gasteiger partial charge in [0.2, 0.25) is 0 Å². The Morgan fingerprint density at radius 3 is 1.82 bits per heavy atom. The Hall–Kier alpha value is -4.16. The predicted molar refractivity (Wildman–Crippen MR) is 190 cm³/mol. The lowest BCUT2D eigenvalue weighted by Gasteiger charge is -2.57. The summed E-state index contributed by atoms with van der Waals surface area (Å²) in [6.45, 7) is 4.81. The Labute approximate surface area is 267 Å². The third kappa shape index (κ3) is 3.66. The summed E-state index contributed by atoms with van der Waals surface area (Å²) < 4.78 is 0. The van der Waals surface area contributed by atoms with Crippen LogP contribution < -0.4 is 0 Å². The fourth-order valence-corrected chi connectivity index (χ4v) is 11.1. The molecule has 0 spiro atoms. The van der Waals surface area contributed by atoms with Gasteiger partial charge in [0.15, 0.2) is 0 Å². The van der Waals surface area contributed by atoms with Crippen LogP contribution in [0.2, 0.25) is 0 Å². The Morgan fingerprint density at radius 2 is 1.07 bits per heavy atom. The van der Waals surface area contributed by atoms with Gasteiger partial charge in [0.1, 0.15) is 0 Å². The van der Waals surface area contributed by atoms with Gasteiger partial charge in [0.25, 0.3) is 0 Å². The van der Waals surface area contributed by atoms with Crippen LogP contribution in [0.1, 0.15) is 69.1 Å². The molecule has 5 aliphatic rings. The molecule has 11 rings (SSSR count). The van der Waals surface area contributed by atoms with Crippen LogP contribution in [-0.4, -0.2) is 0 Å². The predicted octanol–water partition coefficient (Wildman–Crippen LogP) is 12.1. The van der Waals surface area contributed by atoms with E-state index >= 15 is 0 Å². The molecule has 4 saturated carbocycles. The van der Waals surface area contributed by atoms with Crippen molar-refractivity contribution in [1.29, 1.82) is 0 Å². The molecule has 220 valence electrons. The molecule has 0 amide bonds. The summed E-state index contributed by atoms with van der Waals surface area (Å²) in [5.41, 5.74) is 13.0. The molecule has 0 aromatic heterocycles. The van der Waals surface area contributed by atoms with Crippen molar-refractivity contribution >= 4 is 21.5 Å². The first kappa shape index (κ1) is 26.1. The van der Waals surface area contributed by atoms with Crippen molar-refractivity contribution in [3.63, 3.8) is 0 Å². The van der Waals surface area contributed by atoms with Gasteiger partial charge in [-0.2, -0.15) is 0 Å². The van der Waals surface area contributed by atoms with Crippen LogP contribution in [0.25, 0.3) is 54.9 Å². The van der Waals surface area contributed by atoms with E-state index in [1.165, 1.54) is 105 Å². The molecular weight excluding hydrogens is 540 g/mol. The summed E-state index contributed by atoms with van der Waals surface area (Å²) in [5.74, 6) is 2.73. The van der Waals surface area contributed by atoms with E-state index < -0.39 is 0 Å². The number of fused-ring (bicyclic) bond motifs is 5. The lowest BCUT2D eigenvalue weighted by Crippen LogP contribution is -2.48. The molecule has 0 N–H and O–H groups in total. The van der Waals surface area contributed by atoms with Crippen LogP contribution in [0.4, 0.5) is 0 Å². The quantitative estimate of drug-likeness (QED) is 0.183. The summed E-state index contributed by atoms with van der Waals surface area (Å²) in [5, 5.41) is 5.84. The third-order valence-corrected chi connectivity index (χ3v) is 12.6. The molecule has 0 saturated heterocycles. The minimum Gasteiger partial charge on any atom is -0.0622 e. The molecule has 0 unspecified atom stereocenters. The topological polar surface area (TPSA) is 0 Å². The van der Waals surface area contributed by atoms with Crippen molar-refractivity contribution in [2.24, 2.45) is 17.8 Å². The fraction of sp³-hybridized carbons (Fsp3) is 0.289. The maximum Gasteiger partial charge on any atom is 0.0159 e. The zero-order valence-corrected chi connectivity index (χ0v) is 26.4. The fourth-order valence-electron chi connectivity index (χ4n) is 11.1. The highest BCUT2D eigenvalue weighted by atomic mass is 14.6. The van der Waals surface area contributed by atoms with Gasteiger partial charge < -0.3 is 0 Å². The van der Waals surface area contributed by atoms with Gasteiger partial charge in [-0.1, -0.05) is 117 Å². The lowest BCUT2D eigenvalue weighted by molar-refractivity contribution is -0.00382. The first-order valence-electron chi connectivity index (χ1n) is 17.3. The highest BCUT2D eigenvalue weighted by Gasteiger charge is 2.52. The summed E-state index contributed by atoms with van der Waals surface area (Å²) >= 11 is 0. The van der Waals surface area contributed by atoms with Gasteiger partial charge in [0, 0.05) is 5.41 Å². The van der Waals surface area contributed by atoms with Crippen molar-refractivity contribution in [2.75, 3.05) is 0 Å². The first-order chi connectivity index (χ1) is 22.0. The van der Waals surface area contributed by atoms with Gasteiger partial charge in [-0.15, -0.1) is 0 Å². The minimum atomic E-state index is -0.0259. The Kier molecular flexibility index (Phi) is 5.33.